The standard InChI is InChI=1S/C108H198O19/c1-9-17-25-33-41-49-57-65-73-81-94(109)117-89-92-102(121-97(112)84-76-68-60-52-44-36-28-20-12-4)104(123-99(114)86-78-70-62-54-46-38-30-22-14-6)105(124-100(115)87-79-71-63-55-47-39-31-23-15-7)107(120-92)127-108(91-119-96(111)83-75-67-59-51-43-35-27-19-11-3)106(125-101(116)88-80-72-64-56-48-40-32-24-16-8)103(122-98(113)85-77-69-61-53-45-37-29-21-13-5)93(126-108)90-118-95(110)82-74-66-58-50-42-34-26-18-10-2/h92-93,102-107H,9-91H2,1-8H3/t92-,93-,102-,103-,104+,105-,106+,107-,108+/m1/s1. The van der Waals surface area contributed by atoms with Gasteiger partial charge in [0.15, 0.2) is 30.5 Å². The molecule has 2 rings (SSSR count). The Bertz CT molecular complexity index is 2600. The zero-order valence-electron chi connectivity index (χ0n) is 83.6. The fourth-order valence-electron chi connectivity index (χ4n) is 17.6. The van der Waals surface area contributed by atoms with Crippen LogP contribution in [0.1, 0.15) is 569 Å². The lowest BCUT2D eigenvalue weighted by Crippen LogP contribution is -2.66. The molecule has 0 unspecified atom stereocenters. The highest BCUT2D eigenvalue weighted by Gasteiger charge is 2.65. The van der Waals surface area contributed by atoms with E-state index >= 15 is 14.4 Å². The van der Waals surface area contributed by atoms with Gasteiger partial charge in [0, 0.05) is 51.4 Å². The molecule has 0 saturated carbocycles. The number of hydrogen-bond acceptors (Lipinski definition) is 19. The van der Waals surface area contributed by atoms with Crippen molar-refractivity contribution in [1.29, 1.82) is 0 Å². The molecule has 0 N–H and O–H groups in total. The van der Waals surface area contributed by atoms with Crippen molar-refractivity contribution in [1.82, 2.24) is 0 Å². The Balaban J connectivity index is 3.21. The van der Waals surface area contributed by atoms with Crippen LogP contribution in [0.5, 0.6) is 0 Å². The largest absolute Gasteiger partial charge is 0.463 e. The highest BCUT2D eigenvalue weighted by atomic mass is 16.8. The minimum absolute atomic E-state index is 0.000613. The average Bonchev–Trinajstić information content (AvgIpc) is 1.65. The van der Waals surface area contributed by atoms with E-state index in [0.717, 1.165) is 283 Å². The Kier molecular flexibility index (Phi) is 80.2. The molecule has 19 heteroatoms. The SMILES string of the molecule is CCCCCCCCCCCC(=O)OC[C@H]1O[C@@](COC(=O)CCCCCCCCCCC)(O[C@H]2O[C@H](COC(=O)CCCCCCCCCCC)[C@@H](OC(=O)CCCCCCCCCCC)[C@H](OC(=O)CCCCCCCCCCC)[C@H]2OC(=O)CCCCCCCCCCC)[C@@H](OC(=O)CCCCCCCCCCC)[C@@H]1OC(=O)CCCCCCCCCCC. The molecule has 2 heterocycles. The van der Waals surface area contributed by atoms with Gasteiger partial charge in [-0.1, -0.05) is 466 Å². The second-order valence-electron chi connectivity index (χ2n) is 38.0. The zero-order valence-corrected chi connectivity index (χ0v) is 83.6. The maximum absolute atomic E-state index is 15.2. The van der Waals surface area contributed by atoms with E-state index in [-0.39, 0.29) is 51.4 Å². The number of esters is 8. The molecule has 0 aromatic carbocycles. The summed E-state index contributed by atoms with van der Waals surface area (Å²) < 4.78 is 74.5. The van der Waals surface area contributed by atoms with Crippen LogP contribution in [-0.2, 0) is 90.5 Å². The van der Waals surface area contributed by atoms with Gasteiger partial charge < -0.3 is 52.1 Å². The summed E-state index contributed by atoms with van der Waals surface area (Å²) in [7, 11) is 0. The van der Waals surface area contributed by atoms with Crippen LogP contribution < -0.4 is 0 Å². The van der Waals surface area contributed by atoms with Crippen LogP contribution in [0.3, 0.4) is 0 Å². The number of carbonyl (C=O) groups is 8. The number of rotatable bonds is 93. The summed E-state index contributed by atoms with van der Waals surface area (Å²) in [6, 6.07) is 0. The number of unbranched alkanes of at least 4 members (excludes halogenated alkanes) is 64. The molecule has 0 aromatic heterocycles. The van der Waals surface area contributed by atoms with Gasteiger partial charge >= 0.3 is 47.8 Å². The lowest BCUT2D eigenvalue weighted by molar-refractivity contribution is -0.384. The van der Waals surface area contributed by atoms with Crippen molar-refractivity contribution in [2.24, 2.45) is 0 Å². The summed E-state index contributed by atoms with van der Waals surface area (Å²) in [6.45, 7) is 15.8. The fraction of sp³-hybridized carbons (Fsp3) is 0.926. The predicted molar refractivity (Wildman–Crippen MR) is 514 cm³/mol. The summed E-state index contributed by atoms with van der Waals surface area (Å²) >= 11 is 0. The Morgan fingerprint density at radius 2 is 0.402 bits per heavy atom. The molecule has 2 saturated heterocycles. The summed E-state index contributed by atoms with van der Waals surface area (Å²) in [5.41, 5.74) is 0. The molecule has 9 atom stereocenters. The van der Waals surface area contributed by atoms with E-state index in [4.69, 9.17) is 52.1 Å². The first-order valence-electron chi connectivity index (χ1n) is 54.6. The highest BCUT2D eigenvalue weighted by Crippen LogP contribution is 2.43. The van der Waals surface area contributed by atoms with Crippen molar-refractivity contribution >= 4 is 47.8 Å². The Morgan fingerprint density at radius 1 is 0.205 bits per heavy atom. The summed E-state index contributed by atoms with van der Waals surface area (Å²) in [5, 5.41) is 0. The topological polar surface area (TPSA) is 238 Å². The third kappa shape index (κ3) is 65.0. The van der Waals surface area contributed by atoms with E-state index in [1.165, 1.54) is 128 Å². The van der Waals surface area contributed by atoms with E-state index in [1.54, 1.807) is 0 Å². The lowest BCUT2D eigenvalue weighted by Gasteiger charge is -2.46. The van der Waals surface area contributed by atoms with Crippen molar-refractivity contribution < 1.29 is 90.5 Å². The molecule has 0 amide bonds. The van der Waals surface area contributed by atoms with Crippen LogP contribution in [-0.4, -0.2) is 122 Å². The lowest BCUT2D eigenvalue weighted by atomic mass is 9.97. The average molecular weight is 1800 g/mol. The van der Waals surface area contributed by atoms with Crippen molar-refractivity contribution in [3.05, 3.63) is 0 Å². The second kappa shape index (κ2) is 85.8. The van der Waals surface area contributed by atoms with Crippen LogP contribution in [0.15, 0.2) is 0 Å². The molecule has 0 radical (unpaired) electrons. The first kappa shape index (κ1) is 119. The molecule has 0 bridgehead atoms. The van der Waals surface area contributed by atoms with Gasteiger partial charge in [0.1, 0.15) is 32.0 Å². The number of hydrogen-bond donors (Lipinski definition) is 0. The molecule has 0 aromatic rings. The Morgan fingerprint density at radius 3 is 0.661 bits per heavy atom. The first-order valence-corrected chi connectivity index (χ1v) is 54.6. The van der Waals surface area contributed by atoms with Crippen LogP contribution in [0.2, 0.25) is 0 Å². The smallest absolute Gasteiger partial charge is 0.306 e. The summed E-state index contributed by atoms with van der Waals surface area (Å²) in [6.07, 6.45) is 58.9. The van der Waals surface area contributed by atoms with Crippen molar-refractivity contribution in [3.63, 3.8) is 0 Å². The van der Waals surface area contributed by atoms with Crippen LogP contribution in [0.4, 0.5) is 0 Å². The van der Waals surface area contributed by atoms with Crippen molar-refractivity contribution in [2.45, 2.75) is 624 Å². The van der Waals surface area contributed by atoms with Gasteiger partial charge in [-0.25, -0.2) is 0 Å². The zero-order chi connectivity index (χ0) is 92.2. The third-order valence-corrected chi connectivity index (χ3v) is 25.8. The predicted octanol–water partition coefficient (Wildman–Crippen LogP) is 30.4. The van der Waals surface area contributed by atoms with Crippen molar-refractivity contribution in [3.8, 4) is 0 Å². The molecule has 19 nitrogen and oxygen atoms in total. The van der Waals surface area contributed by atoms with Crippen LogP contribution in [0, 0.1) is 0 Å². The maximum atomic E-state index is 15.2. The van der Waals surface area contributed by atoms with E-state index in [2.05, 4.69) is 55.4 Å². The first-order chi connectivity index (χ1) is 62.1. The second-order valence-corrected chi connectivity index (χ2v) is 38.0. The Labute approximate surface area is 777 Å². The van der Waals surface area contributed by atoms with Gasteiger partial charge in [-0.2, -0.15) is 0 Å². The maximum Gasteiger partial charge on any atom is 0.306 e. The summed E-state index contributed by atoms with van der Waals surface area (Å²) in [5.74, 6) is -7.57. The van der Waals surface area contributed by atoms with Gasteiger partial charge in [-0.15, -0.1) is 0 Å². The number of carbonyl (C=O) groups excluding carboxylic acids is 8. The molecule has 744 valence electrons. The van der Waals surface area contributed by atoms with E-state index in [1.807, 2.05) is 0 Å². The minimum Gasteiger partial charge on any atom is -0.463 e. The molecule has 127 heavy (non-hydrogen) atoms. The molecular formula is C108H198O19. The Hall–Kier alpha value is -4.36. The number of ether oxygens (including phenoxy) is 11. The van der Waals surface area contributed by atoms with E-state index in [0.29, 0.717) is 51.4 Å². The van der Waals surface area contributed by atoms with Gasteiger partial charge in [0.05, 0.1) is 0 Å². The molecule has 2 aliphatic rings. The van der Waals surface area contributed by atoms with Gasteiger partial charge in [0.25, 0.3) is 0 Å². The normalized spacial score (nSPS) is 18.6. The van der Waals surface area contributed by atoms with Crippen LogP contribution >= 0.6 is 0 Å². The molecule has 2 aliphatic heterocycles. The molecule has 0 spiro atoms. The van der Waals surface area contributed by atoms with Crippen LogP contribution in [0.25, 0.3) is 0 Å². The highest BCUT2D eigenvalue weighted by molar-refractivity contribution is 5.73. The van der Waals surface area contributed by atoms with Gasteiger partial charge in [-0.05, 0) is 51.4 Å². The molecule has 0 aliphatic carbocycles. The van der Waals surface area contributed by atoms with E-state index in [9.17, 15) is 24.0 Å². The van der Waals surface area contributed by atoms with Gasteiger partial charge in [0.2, 0.25) is 12.1 Å². The van der Waals surface area contributed by atoms with Gasteiger partial charge in [-0.3, -0.25) is 38.4 Å². The van der Waals surface area contributed by atoms with Crippen molar-refractivity contribution in [2.75, 3.05) is 19.8 Å². The minimum atomic E-state index is -2.56. The quantitative estimate of drug-likeness (QED) is 0.0312. The van der Waals surface area contributed by atoms with E-state index < -0.39 is 122 Å². The third-order valence-electron chi connectivity index (χ3n) is 25.8. The fourth-order valence-corrected chi connectivity index (χ4v) is 17.6. The monoisotopic (exact) mass is 1800 g/mol. The molecule has 2 fully saturated rings. The summed E-state index contributed by atoms with van der Waals surface area (Å²) in [4.78, 5) is 119. The molecular weight excluding hydrogens is 1600 g/mol.